The van der Waals surface area contributed by atoms with Crippen molar-refractivity contribution in [3.05, 3.63) is 34.9 Å². The summed E-state index contributed by atoms with van der Waals surface area (Å²) in [5, 5.41) is 0. The average Bonchev–Trinajstić information content (AvgIpc) is 2.41. The molecule has 1 aliphatic rings. The zero-order chi connectivity index (χ0) is 13.0. The zero-order valence-corrected chi connectivity index (χ0v) is 11.9. The van der Waals surface area contributed by atoms with Crippen LogP contribution >= 0.6 is 0 Å². The monoisotopic (exact) mass is 245 g/mol. The number of nitrogens with two attached hydrogens (primary N) is 1. The van der Waals surface area contributed by atoms with Gasteiger partial charge < -0.3 is 5.73 Å². The summed E-state index contributed by atoms with van der Waals surface area (Å²) in [6, 6.07) is 6.76. The number of hydrogen-bond donors (Lipinski definition) is 1. The smallest absolute Gasteiger partial charge is 0.00713 e. The second-order valence-corrected chi connectivity index (χ2v) is 5.87. The highest BCUT2D eigenvalue weighted by molar-refractivity contribution is 5.36. The van der Waals surface area contributed by atoms with Gasteiger partial charge in [0.1, 0.15) is 0 Å². The van der Waals surface area contributed by atoms with Crippen molar-refractivity contribution in [2.75, 3.05) is 6.54 Å². The first-order valence-corrected chi connectivity index (χ1v) is 7.50. The van der Waals surface area contributed by atoms with E-state index in [-0.39, 0.29) is 0 Å². The van der Waals surface area contributed by atoms with Crippen LogP contribution in [-0.2, 0) is 0 Å². The van der Waals surface area contributed by atoms with Crippen LogP contribution in [0.25, 0.3) is 0 Å². The summed E-state index contributed by atoms with van der Waals surface area (Å²) in [7, 11) is 0. The van der Waals surface area contributed by atoms with E-state index in [1.54, 1.807) is 5.56 Å². The van der Waals surface area contributed by atoms with Crippen molar-refractivity contribution in [3.8, 4) is 0 Å². The first kappa shape index (κ1) is 13.6. The fourth-order valence-corrected chi connectivity index (χ4v) is 3.54. The molecule has 100 valence electrons. The van der Waals surface area contributed by atoms with Gasteiger partial charge in [-0.05, 0) is 68.2 Å². The summed E-state index contributed by atoms with van der Waals surface area (Å²) in [6.45, 7) is 5.31. The maximum atomic E-state index is 5.86. The van der Waals surface area contributed by atoms with Gasteiger partial charge >= 0.3 is 0 Å². The lowest BCUT2D eigenvalue weighted by atomic mass is 9.74. The second-order valence-electron chi connectivity index (χ2n) is 5.87. The molecule has 18 heavy (non-hydrogen) atoms. The Labute approximate surface area is 112 Å². The molecule has 0 aromatic heterocycles. The van der Waals surface area contributed by atoms with Crippen molar-refractivity contribution >= 4 is 0 Å². The first-order valence-electron chi connectivity index (χ1n) is 7.50. The SMILES string of the molecule is Cc1cccc(C(CCN)C2CCCCC2)c1C. The molecule has 0 heterocycles. The summed E-state index contributed by atoms with van der Waals surface area (Å²) in [5.74, 6) is 1.55. The molecule has 1 saturated carbocycles. The molecule has 1 heteroatoms. The van der Waals surface area contributed by atoms with E-state index in [0.717, 1.165) is 18.9 Å². The summed E-state index contributed by atoms with van der Waals surface area (Å²) < 4.78 is 0. The van der Waals surface area contributed by atoms with E-state index >= 15 is 0 Å². The molecule has 0 bridgehead atoms. The fraction of sp³-hybridized carbons (Fsp3) is 0.647. The molecule has 1 atom stereocenters. The largest absolute Gasteiger partial charge is 0.330 e. The average molecular weight is 245 g/mol. The van der Waals surface area contributed by atoms with E-state index in [9.17, 15) is 0 Å². The summed E-state index contributed by atoms with van der Waals surface area (Å²) >= 11 is 0. The topological polar surface area (TPSA) is 26.0 Å². The molecule has 2 N–H and O–H groups in total. The minimum Gasteiger partial charge on any atom is -0.330 e. The van der Waals surface area contributed by atoms with Crippen LogP contribution in [0.15, 0.2) is 18.2 Å². The number of hydrogen-bond acceptors (Lipinski definition) is 1. The van der Waals surface area contributed by atoms with Gasteiger partial charge in [-0.2, -0.15) is 0 Å². The molecular formula is C17H27N. The van der Waals surface area contributed by atoms with Crippen molar-refractivity contribution in [1.29, 1.82) is 0 Å². The predicted octanol–water partition coefficient (Wildman–Crippen LogP) is 4.32. The number of rotatable bonds is 4. The Morgan fingerprint density at radius 1 is 1.17 bits per heavy atom. The maximum Gasteiger partial charge on any atom is -0.00713 e. The van der Waals surface area contributed by atoms with Crippen LogP contribution < -0.4 is 5.73 Å². The van der Waals surface area contributed by atoms with Crippen LogP contribution in [0.3, 0.4) is 0 Å². The van der Waals surface area contributed by atoms with Crippen molar-refractivity contribution in [1.82, 2.24) is 0 Å². The van der Waals surface area contributed by atoms with Crippen molar-refractivity contribution in [3.63, 3.8) is 0 Å². The van der Waals surface area contributed by atoms with Gasteiger partial charge in [0, 0.05) is 0 Å². The van der Waals surface area contributed by atoms with Gasteiger partial charge in [-0.3, -0.25) is 0 Å². The Bertz CT molecular complexity index is 377. The van der Waals surface area contributed by atoms with Crippen molar-refractivity contribution < 1.29 is 0 Å². The van der Waals surface area contributed by atoms with Crippen LogP contribution in [0, 0.1) is 19.8 Å². The molecule has 0 spiro atoms. The molecule has 1 fully saturated rings. The molecule has 0 aliphatic heterocycles. The van der Waals surface area contributed by atoms with Crippen LogP contribution in [0.1, 0.15) is 61.1 Å². The molecule has 1 unspecified atom stereocenters. The zero-order valence-electron chi connectivity index (χ0n) is 11.9. The highest BCUT2D eigenvalue weighted by Gasteiger charge is 2.25. The Kier molecular flexibility index (Phi) is 4.82. The lowest BCUT2D eigenvalue weighted by Crippen LogP contribution is -2.20. The van der Waals surface area contributed by atoms with Crippen LogP contribution in [0.2, 0.25) is 0 Å². The van der Waals surface area contributed by atoms with Gasteiger partial charge in [0.05, 0.1) is 0 Å². The molecule has 1 aromatic carbocycles. The lowest BCUT2D eigenvalue weighted by Gasteiger charge is -2.31. The van der Waals surface area contributed by atoms with E-state index in [1.807, 2.05) is 0 Å². The molecule has 0 radical (unpaired) electrons. The van der Waals surface area contributed by atoms with Crippen LogP contribution in [-0.4, -0.2) is 6.54 Å². The van der Waals surface area contributed by atoms with Crippen molar-refractivity contribution in [2.45, 2.75) is 58.3 Å². The van der Waals surface area contributed by atoms with Gasteiger partial charge in [-0.1, -0.05) is 37.5 Å². The molecule has 0 saturated heterocycles. The van der Waals surface area contributed by atoms with Gasteiger partial charge in [0.25, 0.3) is 0 Å². The van der Waals surface area contributed by atoms with Gasteiger partial charge in [0.2, 0.25) is 0 Å². The van der Waals surface area contributed by atoms with Gasteiger partial charge in [-0.25, -0.2) is 0 Å². The lowest BCUT2D eigenvalue weighted by molar-refractivity contribution is 0.295. The van der Waals surface area contributed by atoms with E-state index in [4.69, 9.17) is 5.73 Å². The van der Waals surface area contributed by atoms with E-state index in [0.29, 0.717) is 5.92 Å². The molecule has 1 aromatic rings. The fourth-order valence-electron chi connectivity index (χ4n) is 3.54. The Hall–Kier alpha value is -0.820. The molecule has 1 aliphatic carbocycles. The third-order valence-electron chi connectivity index (χ3n) is 4.74. The minimum atomic E-state index is 0.690. The Morgan fingerprint density at radius 3 is 2.56 bits per heavy atom. The third-order valence-corrected chi connectivity index (χ3v) is 4.74. The molecule has 1 nitrogen and oxygen atoms in total. The van der Waals surface area contributed by atoms with Crippen LogP contribution in [0.5, 0.6) is 0 Å². The number of aryl methyl sites for hydroxylation is 1. The Balaban J connectivity index is 2.25. The van der Waals surface area contributed by atoms with Gasteiger partial charge in [-0.15, -0.1) is 0 Å². The Morgan fingerprint density at radius 2 is 1.89 bits per heavy atom. The van der Waals surface area contributed by atoms with Gasteiger partial charge in [0.15, 0.2) is 0 Å². The highest BCUT2D eigenvalue weighted by atomic mass is 14.5. The van der Waals surface area contributed by atoms with E-state index in [1.165, 1.54) is 43.2 Å². The summed E-state index contributed by atoms with van der Waals surface area (Å²) in [6.07, 6.45) is 8.21. The first-order chi connectivity index (χ1) is 8.74. The second kappa shape index (κ2) is 6.38. The quantitative estimate of drug-likeness (QED) is 0.840. The molecular weight excluding hydrogens is 218 g/mol. The highest BCUT2D eigenvalue weighted by Crippen LogP contribution is 2.39. The standard InChI is InChI=1S/C17H27N/c1-13-7-6-10-16(14(13)2)17(11-12-18)15-8-4-3-5-9-15/h6-7,10,15,17H,3-5,8-9,11-12,18H2,1-2H3. The minimum absolute atomic E-state index is 0.690. The van der Waals surface area contributed by atoms with Crippen molar-refractivity contribution in [2.24, 2.45) is 11.7 Å². The van der Waals surface area contributed by atoms with E-state index in [2.05, 4.69) is 32.0 Å². The summed E-state index contributed by atoms with van der Waals surface area (Å²) in [5.41, 5.74) is 10.3. The van der Waals surface area contributed by atoms with E-state index < -0.39 is 0 Å². The molecule has 0 amide bonds. The molecule has 2 rings (SSSR count). The summed E-state index contributed by atoms with van der Waals surface area (Å²) in [4.78, 5) is 0. The predicted molar refractivity (Wildman–Crippen MR) is 78.9 cm³/mol. The maximum absolute atomic E-state index is 5.86. The number of benzene rings is 1. The third kappa shape index (κ3) is 2.95. The normalized spacial score (nSPS) is 18.8. The van der Waals surface area contributed by atoms with Crippen LogP contribution in [0.4, 0.5) is 0 Å².